The molecular formula is C10H15F6NO. The quantitative estimate of drug-likeness (QED) is 0.785. The van der Waals surface area contributed by atoms with Gasteiger partial charge >= 0.3 is 12.4 Å². The van der Waals surface area contributed by atoms with Crippen molar-refractivity contribution in [1.82, 2.24) is 5.32 Å². The molecule has 0 rings (SSSR count). The molecule has 0 aliphatic rings. The lowest BCUT2D eigenvalue weighted by molar-refractivity contribution is -0.326. The Balaban J connectivity index is 5.55. The molecule has 1 atom stereocenters. The van der Waals surface area contributed by atoms with Crippen LogP contribution in [0.3, 0.4) is 0 Å². The van der Waals surface area contributed by atoms with Crippen molar-refractivity contribution in [2.24, 2.45) is 5.41 Å². The molecule has 0 heterocycles. The van der Waals surface area contributed by atoms with E-state index < -0.39 is 36.1 Å². The van der Waals surface area contributed by atoms with Crippen LogP contribution in [-0.2, 0) is 4.79 Å². The van der Waals surface area contributed by atoms with E-state index in [1.165, 1.54) is 6.92 Å². The molecule has 0 radical (unpaired) electrons. The third-order valence-corrected chi connectivity index (χ3v) is 2.88. The van der Waals surface area contributed by atoms with Crippen molar-refractivity contribution in [1.29, 1.82) is 0 Å². The van der Waals surface area contributed by atoms with Gasteiger partial charge in [-0.25, -0.2) is 0 Å². The smallest absolute Gasteiger partial charge is 0.353 e. The fraction of sp³-hybridized carbons (Fsp3) is 0.900. The molecule has 2 nitrogen and oxygen atoms in total. The van der Waals surface area contributed by atoms with Crippen LogP contribution in [-0.4, -0.2) is 24.3 Å². The van der Waals surface area contributed by atoms with Crippen LogP contribution >= 0.6 is 0 Å². The molecule has 0 saturated heterocycles. The number of hydrogen-bond donors (Lipinski definition) is 1. The second-order valence-corrected chi connectivity index (χ2v) is 4.04. The standard InChI is InChI=1S/C10H15F6NO/c1-4-6(3)17-7(18)8(5-2,9(11,12)13)10(14,15)16/h6H,4-5H2,1-3H3,(H,17,18). The van der Waals surface area contributed by atoms with Gasteiger partial charge in [-0.15, -0.1) is 0 Å². The zero-order valence-corrected chi connectivity index (χ0v) is 10.2. The average molecular weight is 279 g/mol. The molecule has 0 aliphatic heterocycles. The lowest BCUT2D eigenvalue weighted by Gasteiger charge is -2.35. The number of hydrogen-bond acceptors (Lipinski definition) is 1. The zero-order valence-electron chi connectivity index (χ0n) is 10.2. The summed E-state index contributed by atoms with van der Waals surface area (Å²) in [5, 5.41) is 1.76. The van der Waals surface area contributed by atoms with Gasteiger partial charge < -0.3 is 5.32 Å². The van der Waals surface area contributed by atoms with E-state index in [9.17, 15) is 31.1 Å². The molecule has 1 N–H and O–H groups in total. The highest BCUT2D eigenvalue weighted by Crippen LogP contribution is 2.52. The lowest BCUT2D eigenvalue weighted by Crippen LogP contribution is -2.60. The van der Waals surface area contributed by atoms with Crippen LogP contribution in [0.5, 0.6) is 0 Å². The number of amides is 1. The first kappa shape index (κ1) is 17.1. The molecule has 108 valence electrons. The summed E-state index contributed by atoms with van der Waals surface area (Å²) in [6.07, 6.45) is -12.5. The SMILES string of the molecule is CCC(C)NC(=O)C(CC)(C(F)(F)F)C(F)(F)F. The molecule has 0 saturated carbocycles. The number of carbonyl (C=O) groups excluding carboxylic acids is 1. The van der Waals surface area contributed by atoms with Crippen molar-refractivity contribution < 1.29 is 31.1 Å². The maximum atomic E-state index is 12.7. The normalized spacial score (nSPS) is 15.4. The first-order valence-corrected chi connectivity index (χ1v) is 5.38. The van der Waals surface area contributed by atoms with Crippen molar-refractivity contribution in [2.75, 3.05) is 0 Å². The van der Waals surface area contributed by atoms with Crippen molar-refractivity contribution in [3.63, 3.8) is 0 Å². The van der Waals surface area contributed by atoms with E-state index in [0.29, 0.717) is 6.92 Å². The topological polar surface area (TPSA) is 29.1 Å². The maximum Gasteiger partial charge on any atom is 0.412 e. The van der Waals surface area contributed by atoms with Crippen LogP contribution in [0.2, 0.25) is 0 Å². The van der Waals surface area contributed by atoms with Crippen LogP contribution in [0, 0.1) is 5.41 Å². The largest absolute Gasteiger partial charge is 0.412 e. The third-order valence-electron chi connectivity index (χ3n) is 2.88. The molecule has 1 unspecified atom stereocenters. The van der Waals surface area contributed by atoms with Gasteiger partial charge in [0.2, 0.25) is 11.3 Å². The molecule has 0 aliphatic carbocycles. The molecule has 0 bridgehead atoms. The molecule has 0 aromatic rings. The minimum Gasteiger partial charge on any atom is -0.353 e. The molecule has 0 aromatic heterocycles. The van der Waals surface area contributed by atoms with Crippen molar-refractivity contribution >= 4 is 5.91 Å². The van der Waals surface area contributed by atoms with Gasteiger partial charge in [0.05, 0.1) is 0 Å². The van der Waals surface area contributed by atoms with Crippen LogP contribution in [0.15, 0.2) is 0 Å². The van der Waals surface area contributed by atoms with Gasteiger partial charge in [0.25, 0.3) is 0 Å². The van der Waals surface area contributed by atoms with E-state index in [4.69, 9.17) is 0 Å². The van der Waals surface area contributed by atoms with Crippen molar-refractivity contribution in [3.8, 4) is 0 Å². The van der Waals surface area contributed by atoms with Gasteiger partial charge in [-0.2, -0.15) is 26.3 Å². The Kier molecular flexibility index (Phi) is 5.07. The minimum atomic E-state index is -5.68. The minimum absolute atomic E-state index is 0.237. The van der Waals surface area contributed by atoms with Crippen LogP contribution < -0.4 is 5.32 Å². The van der Waals surface area contributed by atoms with Crippen LogP contribution in [0.25, 0.3) is 0 Å². The summed E-state index contributed by atoms with van der Waals surface area (Å²) in [5.41, 5.74) is -4.34. The molecule has 1 amide bonds. The Morgan fingerprint density at radius 3 is 1.67 bits per heavy atom. The molecular weight excluding hydrogens is 264 g/mol. The fourth-order valence-corrected chi connectivity index (χ4v) is 1.43. The van der Waals surface area contributed by atoms with E-state index in [1.54, 1.807) is 12.2 Å². The number of carbonyl (C=O) groups is 1. The van der Waals surface area contributed by atoms with E-state index in [-0.39, 0.29) is 6.42 Å². The highest BCUT2D eigenvalue weighted by Gasteiger charge is 2.74. The van der Waals surface area contributed by atoms with Gasteiger partial charge in [-0.1, -0.05) is 13.8 Å². The number of alkyl halides is 6. The zero-order chi connectivity index (χ0) is 14.8. The predicted octanol–water partition coefficient (Wildman–Crippen LogP) is 3.42. The van der Waals surface area contributed by atoms with Crippen molar-refractivity contribution in [3.05, 3.63) is 0 Å². The monoisotopic (exact) mass is 279 g/mol. The Morgan fingerprint density at radius 2 is 1.44 bits per heavy atom. The van der Waals surface area contributed by atoms with Gasteiger partial charge in [0.1, 0.15) is 0 Å². The maximum absolute atomic E-state index is 12.7. The fourth-order valence-electron chi connectivity index (χ4n) is 1.43. The Labute approximate surface area is 101 Å². The summed E-state index contributed by atoms with van der Waals surface area (Å²) in [5.74, 6) is -2.04. The van der Waals surface area contributed by atoms with E-state index in [2.05, 4.69) is 0 Å². The van der Waals surface area contributed by atoms with Gasteiger partial charge in [0.15, 0.2) is 0 Å². The molecule has 18 heavy (non-hydrogen) atoms. The average Bonchev–Trinajstić information content (AvgIpc) is 2.14. The second kappa shape index (κ2) is 5.36. The first-order valence-electron chi connectivity index (χ1n) is 5.38. The Bertz CT molecular complexity index is 282. The van der Waals surface area contributed by atoms with E-state index in [1.807, 2.05) is 0 Å². The van der Waals surface area contributed by atoms with E-state index in [0.717, 1.165) is 0 Å². The summed E-state index contributed by atoms with van der Waals surface area (Å²) in [7, 11) is 0. The van der Waals surface area contributed by atoms with Gasteiger partial charge in [-0.3, -0.25) is 4.79 Å². The summed E-state index contributed by atoms with van der Waals surface area (Å²) < 4.78 is 76.2. The highest BCUT2D eigenvalue weighted by molar-refractivity contribution is 5.84. The number of halogens is 6. The summed E-state index contributed by atoms with van der Waals surface area (Å²) in [4.78, 5) is 11.4. The first-order chi connectivity index (χ1) is 7.94. The molecule has 0 aromatic carbocycles. The molecule has 0 fully saturated rings. The van der Waals surface area contributed by atoms with Crippen molar-refractivity contribution in [2.45, 2.75) is 52.0 Å². The van der Waals surface area contributed by atoms with Gasteiger partial charge in [-0.05, 0) is 19.8 Å². The summed E-state index contributed by atoms with van der Waals surface area (Å²) in [6.45, 7) is 3.57. The highest BCUT2D eigenvalue weighted by atomic mass is 19.4. The molecule has 0 spiro atoms. The number of rotatable bonds is 4. The lowest BCUT2D eigenvalue weighted by atomic mass is 9.82. The van der Waals surface area contributed by atoms with Gasteiger partial charge in [0, 0.05) is 6.04 Å². The Hall–Kier alpha value is -0.950. The van der Waals surface area contributed by atoms with Crippen LogP contribution in [0.4, 0.5) is 26.3 Å². The summed E-state index contributed by atoms with van der Waals surface area (Å²) >= 11 is 0. The number of nitrogens with one attached hydrogen (secondary N) is 1. The van der Waals surface area contributed by atoms with Crippen LogP contribution in [0.1, 0.15) is 33.6 Å². The molecule has 8 heteroatoms. The van der Waals surface area contributed by atoms with E-state index >= 15 is 0 Å². The third kappa shape index (κ3) is 2.89. The Morgan fingerprint density at radius 1 is 1.06 bits per heavy atom. The summed E-state index contributed by atoms with van der Waals surface area (Å²) in [6, 6.07) is -0.756. The predicted molar refractivity (Wildman–Crippen MR) is 52.7 cm³/mol. The second-order valence-electron chi connectivity index (χ2n) is 4.04.